The fourth-order valence-electron chi connectivity index (χ4n) is 2.95. The van der Waals surface area contributed by atoms with E-state index in [0.717, 1.165) is 12.1 Å². The second-order valence-electron chi connectivity index (χ2n) is 7.50. The lowest BCUT2D eigenvalue weighted by Crippen LogP contribution is -2.42. The molecule has 1 aliphatic rings. The van der Waals surface area contributed by atoms with Gasteiger partial charge in [-0.2, -0.15) is 13.2 Å². The Hall–Kier alpha value is -1.90. The standard InChI is InChI=1S/C18H22F5N2O2/c1-17(2,3)27-16(26)24-15-10-25(7-6-18(21,22)23)9-12(15)11-4-5-13(19)14(20)8-11/h4-6,8,12,15H,7,9-10H2,1-3H3,(H,24,26)/t12-,15+/m0/s1. The molecule has 2 rings (SSSR count). The lowest BCUT2D eigenvalue weighted by Gasteiger charge is -2.24. The van der Waals surface area contributed by atoms with E-state index in [1.54, 1.807) is 20.8 Å². The average molecular weight is 393 g/mol. The number of nitrogens with one attached hydrogen (secondary N) is 1. The van der Waals surface area contributed by atoms with E-state index in [-0.39, 0.29) is 26.1 Å². The summed E-state index contributed by atoms with van der Waals surface area (Å²) in [5.74, 6) is -2.58. The lowest BCUT2D eigenvalue weighted by molar-refractivity contribution is -0.0997. The van der Waals surface area contributed by atoms with Gasteiger partial charge in [-0.1, -0.05) is 6.07 Å². The summed E-state index contributed by atoms with van der Waals surface area (Å²) in [5.41, 5.74) is -0.353. The van der Waals surface area contributed by atoms with Crippen molar-refractivity contribution in [2.45, 2.75) is 44.5 Å². The Labute approximate surface area is 154 Å². The number of ether oxygens (including phenoxy) is 1. The highest BCUT2D eigenvalue weighted by molar-refractivity contribution is 5.68. The first-order valence-corrected chi connectivity index (χ1v) is 8.42. The summed E-state index contributed by atoms with van der Waals surface area (Å²) in [7, 11) is 0. The molecule has 1 N–H and O–H groups in total. The number of alkyl carbamates (subject to hydrolysis) is 1. The molecule has 1 heterocycles. The molecule has 1 amide bonds. The van der Waals surface area contributed by atoms with Crippen molar-refractivity contribution in [3.8, 4) is 0 Å². The van der Waals surface area contributed by atoms with Gasteiger partial charge in [-0.05, 0) is 38.5 Å². The molecular formula is C18H22F5N2O2. The summed E-state index contributed by atoms with van der Waals surface area (Å²) >= 11 is 0. The summed E-state index contributed by atoms with van der Waals surface area (Å²) in [6, 6.07) is 2.72. The zero-order valence-electron chi connectivity index (χ0n) is 15.2. The fraction of sp³-hybridized carbons (Fsp3) is 0.556. The Kier molecular flexibility index (Phi) is 6.34. The molecule has 0 aromatic heterocycles. The van der Waals surface area contributed by atoms with Crippen LogP contribution in [0.3, 0.4) is 0 Å². The van der Waals surface area contributed by atoms with Crippen molar-refractivity contribution in [2.24, 2.45) is 0 Å². The van der Waals surface area contributed by atoms with Gasteiger partial charge in [0.25, 0.3) is 0 Å². The van der Waals surface area contributed by atoms with Crippen molar-refractivity contribution in [1.29, 1.82) is 0 Å². The minimum Gasteiger partial charge on any atom is -0.444 e. The summed E-state index contributed by atoms with van der Waals surface area (Å²) in [4.78, 5) is 13.6. The van der Waals surface area contributed by atoms with Crippen LogP contribution in [0.1, 0.15) is 32.3 Å². The highest BCUT2D eigenvalue weighted by atomic mass is 19.4. The van der Waals surface area contributed by atoms with Crippen LogP contribution in [0.5, 0.6) is 0 Å². The van der Waals surface area contributed by atoms with Crippen LogP contribution in [0.15, 0.2) is 18.2 Å². The second-order valence-corrected chi connectivity index (χ2v) is 7.50. The Balaban J connectivity index is 2.15. The van der Waals surface area contributed by atoms with Crippen LogP contribution < -0.4 is 5.32 Å². The van der Waals surface area contributed by atoms with Crippen molar-refractivity contribution < 1.29 is 31.5 Å². The van der Waals surface area contributed by atoms with Crippen molar-refractivity contribution in [3.05, 3.63) is 41.8 Å². The molecule has 1 aromatic carbocycles. The SMILES string of the molecule is CC(C)(C)OC(=O)N[C@@H]1CN(C[CH]C(F)(F)F)C[C@H]1c1ccc(F)c(F)c1. The van der Waals surface area contributed by atoms with Gasteiger partial charge in [0.05, 0.1) is 12.5 Å². The van der Waals surface area contributed by atoms with E-state index in [9.17, 15) is 26.7 Å². The first-order chi connectivity index (χ1) is 12.3. The van der Waals surface area contributed by atoms with E-state index < -0.39 is 41.5 Å². The summed E-state index contributed by atoms with van der Waals surface area (Å²) in [6.07, 6.45) is -4.93. The molecule has 27 heavy (non-hydrogen) atoms. The predicted octanol–water partition coefficient (Wildman–Crippen LogP) is 4.02. The minimum atomic E-state index is -4.42. The zero-order valence-corrected chi connectivity index (χ0v) is 15.2. The number of rotatable bonds is 4. The van der Waals surface area contributed by atoms with Crippen LogP contribution in [0, 0.1) is 18.1 Å². The van der Waals surface area contributed by atoms with E-state index in [1.807, 2.05) is 0 Å². The molecule has 0 saturated carbocycles. The minimum absolute atomic E-state index is 0.121. The van der Waals surface area contributed by atoms with Crippen molar-refractivity contribution in [1.82, 2.24) is 10.2 Å². The molecule has 0 bridgehead atoms. The third-order valence-electron chi connectivity index (χ3n) is 4.05. The summed E-state index contributed by atoms with van der Waals surface area (Å²) in [6.45, 7) is 4.94. The van der Waals surface area contributed by atoms with E-state index in [1.165, 1.54) is 11.0 Å². The van der Waals surface area contributed by atoms with Crippen LogP contribution in [0.2, 0.25) is 0 Å². The van der Waals surface area contributed by atoms with Gasteiger partial charge in [0.2, 0.25) is 0 Å². The fourth-order valence-corrected chi connectivity index (χ4v) is 2.95. The first-order valence-electron chi connectivity index (χ1n) is 8.42. The van der Waals surface area contributed by atoms with Crippen molar-refractivity contribution in [3.63, 3.8) is 0 Å². The molecule has 0 unspecified atom stereocenters. The molecule has 151 valence electrons. The third kappa shape index (κ3) is 6.64. The number of hydrogen-bond donors (Lipinski definition) is 1. The largest absolute Gasteiger partial charge is 0.444 e. The highest BCUT2D eigenvalue weighted by Gasteiger charge is 2.38. The topological polar surface area (TPSA) is 41.6 Å². The maximum atomic E-state index is 13.6. The molecule has 1 aromatic rings. The highest BCUT2D eigenvalue weighted by Crippen LogP contribution is 2.30. The Morgan fingerprint density at radius 1 is 1.22 bits per heavy atom. The first kappa shape index (κ1) is 21.4. The molecule has 1 fully saturated rings. The second kappa shape index (κ2) is 8.00. The molecule has 9 heteroatoms. The summed E-state index contributed by atoms with van der Waals surface area (Å²) in [5, 5.41) is 2.63. The quantitative estimate of drug-likeness (QED) is 0.786. The number of benzene rings is 1. The number of alkyl halides is 3. The van der Waals surface area contributed by atoms with Gasteiger partial charge in [-0.15, -0.1) is 0 Å². The van der Waals surface area contributed by atoms with E-state index >= 15 is 0 Å². The predicted molar refractivity (Wildman–Crippen MR) is 89.1 cm³/mol. The van der Waals surface area contributed by atoms with Crippen molar-refractivity contribution >= 4 is 6.09 Å². The molecule has 0 aliphatic carbocycles. The molecule has 0 spiro atoms. The monoisotopic (exact) mass is 393 g/mol. The third-order valence-corrected chi connectivity index (χ3v) is 4.05. The number of amides is 1. The van der Waals surface area contributed by atoms with Gasteiger partial charge in [-0.3, -0.25) is 4.90 Å². The van der Waals surface area contributed by atoms with Gasteiger partial charge in [-0.25, -0.2) is 13.6 Å². The van der Waals surface area contributed by atoms with E-state index in [0.29, 0.717) is 5.56 Å². The van der Waals surface area contributed by atoms with E-state index in [4.69, 9.17) is 4.74 Å². The van der Waals surface area contributed by atoms with Crippen LogP contribution in [0.25, 0.3) is 0 Å². The van der Waals surface area contributed by atoms with Gasteiger partial charge < -0.3 is 10.1 Å². The van der Waals surface area contributed by atoms with Gasteiger partial charge in [0, 0.05) is 25.6 Å². The molecule has 1 radical (unpaired) electrons. The number of hydrogen-bond acceptors (Lipinski definition) is 3. The molecule has 2 atom stereocenters. The number of nitrogens with zero attached hydrogens (tertiary/aromatic N) is 1. The molecule has 1 saturated heterocycles. The lowest BCUT2D eigenvalue weighted by atomic mass is 9.94. The van der Waals surface area contributed by atoms with Gasteiger partial charge in [0.1, 0.15) is 5.60 Å². The normalized spacial score (nSPS) is 21.3. The molecular weight excluding hydrogens is 371 g/mol. The Morgan fingerprint density at radius 2 is 1.89 bits per heavy atom. The maximum absolute atomic E-state index is 13.6. The van der Waals surface area contributed by atoms with Crippen LogP contribution in [-0.2, 0) is 4.74 Å². The van der Waals surface area contributed by atoms with Gasteiger partial charge in [0.15, 0.2) is 11.6 Å². The average Bonchev–Trinajstić information content (AvgIpc) is 2.88. The van der Waals surface area contributed by atoms with Crippen molar-refractivity contribution in [2.75, 3.05) is 19.6 Å². The number of halogens is 5. The smallest absolute Gasteiger partial charge is 0.407 e. The Morgan fingerprint density at radius 3 is 2.44 bits per heavy atom. The van der Waals surface area contributed by atoms with Gasteiger partial charge >= 0.3 is 12.3 Å². The molecule has 1 aliphatic heterocycles. The zero-order chi connectivity index (χ0) is 20.4. The Bertz CT molecular complexity index is 673. The number of likely N-dealkylation sites (tertiary alicyclic amines) is 1. The summed E-state index contributed by atoms with van der Waals surface area (Å²) < 4.78 is 69.3. The van der Waals surface area contributed by atoms with Crippen LogP contribution in [0.4, 0.5) is 26.7 Å². The molecule has 4 nitrogen and oxygen atoms in total. The maximum Gasteiger partial charge on any atom is 0.407 e. The number of carbonyl (C=O) groups is 1. The van der Waals surface area contributed by atoms with Crippen LogP contribution >= 0.6 is 0 Å². The van der Waals surface area contributed by atoms with E-state index in [2.05, 4.69) is 5.32 Å². The van der Waals surface area contributed by atoms with Crippen LogP contribution in [-0.4, -0.2) is 48.4 Å². The number of carbonyl (C=O) groups excluding carboxylic acids is 1.